The van der Waals surface area contributed by atoms with Crippen LogP contribution in [0.2, 0.25) is 0 Å². The van der Waals surface area contributed by atoms with Crippen molar-refractivity contribution >= 4 is 55.7 Å². The molecule has 3 heterocycles. The molecular formula is C18H14N4OS3. The topological polar surface area (TPSA) is 67.8 Å². The van der Waals surface area contributed by atoms with Gasteiger partial charge in [-0.3, -0.25) is 4.79 Å². The van der Waals surface area contributed by atoms with Crippen LogP contribution in [-0.2, 0) is 4.79 Å². The molecule has 0 fully saturated rings. The van der Waals surface area contributed by atoms with Crippen LogP contribution in [-0.4, -0.2) is 26.1 Å². The molecule has 0 saturated heterocycles. The highest BCUT2D eigenvalue weighted by molar-refractivity contribution is 8.00. The molecular weight excluding hydrogens is 384 g/mol. The van der Waals surface area contributed by atoms with Crippen molar-refractivity contribution in [3.05, 3.63) is 53.5 Å². The lowest BCUT2D eigenvalue weighted by molar-refractivity contribution is -0.115. The summed E-state index contributed by atoms with van der Waals surface area (Å²) in [5.41, 5.74) is 1.90. The number of carbonyl (C=O) groups excluding carboxylic acids is 1. The van der Waals surface area contributed by atoms with E-state index in [0.717, 1.165) is 26.5 Å². The molecule has 0 saturated carbocycles. The van der Waals surface area contributed by atoms with Crippen LogP contribution in [0.5, 0.6) is 0 Å². The number of carbonyl (C=O) groups is 1. The molecule has 1 aromatic carbocycles. The summed E-state index contributed by atoms with van der Waals surface area (Å²) >= 11 is 4.42. The van der Waals surface area contributed by atoms with E-state index >= 15 is 0 Å². The van der Waals surface area contributed by atoms with Gasteiger partial charge in [-0.1, -0.05) is 42.1 Å². The fourth-order valence-corrected chi connectivity index (χ4v) is 4.78. The van der Waals surface area contributed by atoms with Crippen LogP contribution in [0.25, 0.3) is 21.5 Å². The lowest BCUT2D eigenvalue weighted by atomic mass is 10.2. The molecule has 4 rings (SSSR count). The Kier molecular flexibility index (Phi) is 4.96. The van der Waals surface area contributed by atoms with Gasteiger partial charge in [0.2, 0.25) is 5.91 Å². The Bertz CT molecular complexity index is 1040. The van der Waals surface area contributed by atoms with Crippen molar-refractivity contribution in [3.8, 4) is 11.3 Å². The summed E-state index contributed by atoms with van der Waals surface area (Å²) in [5, 5.41) is 8.95. The average Bonchev–Trinajstić information content (AvgIpc) is 3.32. The summed E-state index contributed by atoms with van der Waals surface area (Å²) in [6.07, 6.45) is 1.54. The van der Waals surface area contributed by atoms with E-state index in [0.29, 0.717) is 5.13 Å². The van der Waals surface area contributed by atoms with E-state index < -0.39 is 0 Å². The summed E-state index contributed by atoms with van der Waals surface area (Å²) in [6, 6.07) is 11.9. The van der Waals surface area contributed by atoms with Crippen LogP contribution < -0.4 is 5.32 Å². The van der Waals surface area contributed by atoms with Crippen LogP contribution in [0.4, 0.5) is 5.13 Å². The number of hydrogen-bond donors (Lipinski definition) is 1. The minimum atomic E-state index is -0.294. The first-order valence-corrected chi connectivity index (χ1v) is 10.5. The molecule has 26 heavy (non-hydrogen) atoms. The Morgan fingerprint density at radius 1 is 1.15 bits per heavy atom. The van der Waals surface area contributed by atoms with Crippen molar-refractivity contribution in [2.75, 3.05) is 5.32 Å². The van der Waals surface area contributed by atoms with Gasteiger partial charge in [0.05, 0.1) is 10.9 Å². The summed E-state index contributed by atoms with van der Waals surface area (Å²) in [4.78, 5) is 26.5. The van der Waals surface area contributed by atoms with Crippen molar-refractivity contribution in [2.45, 2.75) is 17.2 Å². The number of nitrogens with zero attached hydrogens (tertiary/aromatic N) is 3. The first-order valence-electron chi connectivity index (χ1n) is 7.87. The smallest absolute Gasteiger partial charge is 0.239 e. The van der Waals surface area contributed by atoms with Crippen LogP contribution in [0.3, 0.4) is 0 Å². The number of thiazole rings is 1. The van der Waals surface area contributed by atoms with Gasteiger partial charge in [0.15, 0.2) is 5.13 Å². The van der Waals surface area contributed by atoms with Gasteiger partial charge in [-0.25, -0.2) is 15.0 Å². The van der Waals surface area contributed by atoms with E-state index in [-0.39, 0.29) is 11.2 Å². The molecule has 3 aromatic heterocycles. The van der Waals surface area contributed by atoms with Gasteiger partial charge < -0.3 is 5.32 Å². The Morgan fingerprint density at radius 3 is 2.85 bits per heavy atom. The maximum atomic E-state index is 12.5. The lowest BCUT2D eigenvalue weighted by Crippen LogP contribution is -2.22. The molecule has 1 atom stereocenters. The number of aromatic nitrogens is 3. The first kappa shape index (κ1) is 17.1. The van der Waals surface area contributed by atoms with E-state index in [1.54, 1.807) is 17.7 Å². The van der Waals surface area contributed by atoms with Crippen molar-refractivity contribution in [1.82, 2.24) is 15.0 Å². The molecule has 4 aromatic rings. The van der Waals surface area contributed by atoms with Crippen molar-refractivity contribution < 1.29 is 4.79 Å². The summed E-state index contributed by atoms with van der Waals surface area (Å²) in [7, 11) is 0. The molecule has 130 valence electrons. The molecule has 0 unspecified atom stereocenters. The minimum Gasteiger partial charge on any atom is -0.301 e. The molecule has 0 aliphatic heterocycles. The molecule has 0 bridgehead atoms. The number of benzene rings is 1. The number of amides is 1. The van der Waals surface area contributed by atoms with Gasteiger partial charge >= 0.3 is 0 Å². The summed E-state index contributed by atoms with van der Waals surface area (Å²) < 4.78 is 0. The quantitative estimate of drug-likeness (QED) is 0.381. The van der Waals surface area contributed by atoms with E-state index in [9.17, 15) is 4.79 Å². The van der Waals surface area contributed by atoms with Gasteiger partial charge in [-0.2, -0.15) is 0 Å². The Balaban J connectivity index is 1.45. The highest BCUT2D eigenvalue weighted by Gasteiger charge is 2.18. The maximum Gasteiger partial charge on any atom is 0.239 e. The zero-order valence-electron chi connectivity index (χ0n) is 13.7. The Morgan fingerprint density at radius 2 is 2.00 bits per heavy atom. The van der Waals surface area contributed by atoms with Crippen LogP contribution in [0.1, 0.15) is 6.92 Å². The lowest BCUT2D eigenvalue weighted by Gasteiger charge is -2.10. The molecule has 1 amide bonds. The fraction of sp³-hybridized carbons (Fsp3) is 0.111. The average molecular weight is 399 g/mol. The SMILES string of the molecule is C[C@@H](Sc1ncnc2sccc12)C(=O)Nc1nc(-c2ccccc2)cs1. The standard InChI is InChI=1S/C18H14N4OS3/c1-11(26-17-13-7-8-24-16(13)19-10-20-17)15(23)22-18-21-14(9-25-18)12-5-3-2-4-6-12/h2-11H,1H3,(H,21,22,23)/t11-/m1/s1. The second-order valence-electron chi connectivity index (χ2n) is 5.47. The fourth-order valence-electron chi connectivity index (χ4n) is 2.36. The number of anilines is 1. The zero-order valence-corrected chi connectivity index (χ0v) is 16.2. The number of hydrogen-bond acceptors (Lipinski definition) is 7. The summed E-state index contributed by atoms with van der Waals surface area (Å²) in [6.45, 7) is 1.87. The minimum absolute atomic E-state index is 0.0917. The van der Waals surface area contributed by atoms with Crippen LogP contribution >= 0.6 is 34.4 Å². The number of rotatable bonds is 5. The summed E-state index contributed by atoms with van der Waals surface area (Å²) in [5.74, 6) is -0.0917. The Labute approximate surface area is 162 Å². The first-order chi connectivity index (χ1) is 12.7. The molecule has 0 aliphatic carbocycles. The number of fused-ring (bicyclic) bond motifs is 1. The molecule has 1 N–H and O–H groups in total. The van der Waals surface area contributed by atoms with Gasteiger partial charge in [-0.15, -0.1) is 22.7 Å². The van der Waals surface area contributed by atoms with E-state index in [1.165, 1.54) is 23.1 Å². The van der Waals surface area contributed by atoms with Crippen molar-refractivity contribution in [2.24, 2.45) is 0 Å². The predicted octanol–water partition coefficient (Wildman–Crippen LogP) is 4.93. The predicted molar refractivity (Wildman–Crippen MR) is 109 cm³/mol. The normalized spacial score (nSPS) is 12.2. The zero-order chi connectivity index (χ0) is 17.9. The van der Waals surface area contributed by atoms with Gasteiger partial charge in [0.1, 0.15) is 16.2 Å². The van der Waals surface area contributed by atoms with Crippen LogP contribution in [0, 0.1) is 0 Å². The number of thioether (sulfide) groups is 1. The van der Waals surface area contributed by atoms with Crippen molar-refractivity contribution in [3.63, 3.8) is 0 Å². The third kappa shape index (κ3) is 3.62. The molecule has 5 nitrogen and oxygen atoms in total. The highest BCUT2D eigenvalue weighted by atomic mass is 32.2. The van der Waals surface area contributed by atoms with E-state index in [2.05, 4.69) is 20.3 Å². The van der Waals surface area contributed by atoms with Gasteiger partial charge in [0, 0.05) is 16.3 Å². The van der Waals surface area contributed by atoms with Crippen LogP contribution in [0.15, 0.2) is 58.5 Å². The van der Waals surface area contributed by atoms with Gasteiger partial charge in [-0.05, 0) is 18.4 Å². The highest BCUT2D eigenvalue weighted by Crippen LogP contribution is 2.31. The molecule has 0 aliphatic rings. The molecule has 8 heteroatoms. The monoisotopic (exact) mass is 398 g/mol. The second kappa shape index (κ2) is 7.53. The van der Waals surface area contributed by atoms with E-state index in [1.807, 2.05) is 54.1 Å². The molecule has 0 radical (unpaired) electrons. The number of thiophene rings is 1. The van der Waals surface area contributed by atoms with Gasteiger partial charge in [0.25, 0.3) is 0 Å². The number of nitrogens with one attached hydrogen (secondary N) is 1. The maximum absolute atomic E-state index is 12.5. The largest absolute Gasteiger partial charge is 0.301 e. The third-order valence-corrected chi connectivity index (χ3v) is 6.38. The molecule has 0 spiro atoms. The second-order valence-corrected chi connectivity index (χ2v) is 8.55. The third-order valence-electron chi connectivity index (χ3n) is 3.69. The van der Waals surface area contributed by atoms with E-state index in [4.69, 9.17) is 0 Å². The van der Waals surface area contributed by atoms with Crippen molar-refractivity contribution in [1.29, 1.82) is 0 Å². The Hall–Kier alpha value is -2.29.